The Morgan fingerprint density at radius 2 is 1.73 bits per heavy atom. The van der Waals surface area contributed by atoms with Crippen molar-refractivity contribution in [2.24, 2.45) is 5.92 Å². The van der Waals surface area contributed by atoms with Crippen LogP contribution in [0.3, 0.4) is 0 Å². The molecule has 1 rings (SSSR count). The van der Waals surface area contributed by atoms with Crippen molar-refractivity contribution in [3.8, 4) is 0 Å². The SMILES string of the molecule is CCCC(C)(c1ccccc1)C(C)CC. The zero-order valence-electron chi connectivity index (χ0n) is 10.6. The van der Waals surface area contributed by atoms with Crippen LogP contribution in [-0.2, 0) is 5.41 Å². The molecule has 2 unspecified atom stereocenters. The van der Waals surface area contributed by atoms with E-state index in [9.17, 15) is 0 Å². The highest BCUT2D eigenvalue weighted by atomic mass is 14.3. The average molecular weight is 204 g/mol. The van der Waals surface area contributed by atoms with Gasteiger partial charge in [0.2, 0.25) is 0 Å². The molecule has 0 N–H and O–H groups in total. The van der Waals surface area contributed by atoms with Gasteiger partial charge in [-0.3, -0.25) is 0 Å². The van der Waals surface area contributed by atoms with Crippen molar-refractivity contribution in [2.75, 3.05) is 0 Å². The minimum atomic E-state index is 0.352. The summed E-state index contributed by atoms with van der Waals surface area (Å²) in [5, 5.41) is 0. The summed E-state index contributed by atoms with van der Waals surface area (Å²) in [5.74, 6) is 0.750. The molecule has 0 heteroatoms. The lowest BCUT2D eigenvalue weighted by Gasteiger charge is -2.36. The molecule has 1 aromatic rings. The van der Waals surface area contributed by atoms with E-state index < -0.39 is 0 Å². The molecule has 0 aliphatic heterocycles. The second-order valence-electron chi connectivity index (χ2n) is 4.84. The lowest BCUT2D eigenvalue weighted by atomic mass is 9.69. The molecule has 0 amide bonds. The fourth-order valence-electron chi connectivity index (χ4n) is 2.46. The lowest BCUT2D eigenvalue weighted by molar-refractivity contribution is 0.282. The van der Waals surface area contributed by atoms with Crippen LogP contribution in [0.5, 0.6) is 0 Å². The summed E-state index contributed by atoms with van der Waals surface area (Å²) < 4.78 is 0. The van der Waals surface area contributed by atoms with Crippen LogP contribution in [0.15, 0.2) is 30.3 Å². The highest BCUT2D eigenvalue weighted by Crippen LogP contribution is 2.37. The summed E-state index contributed by atoms with van der Waals surface area (Å²) >= 11 is 0. The molecule has 84 valence electrons. The molecule has 0 aromatic heterocycles. The van der Waals surface area contributed by atoms with Gasteiger partial charge in [0.1, 0.15) is 0 Å². The van der Waals surface area contributed by atoms with E-state index >= 15 is 0 Å². The van der Waals surface area contributed by atoms with Crippen molar-refractivity contribution < 1.29 is 0 Å². The van der Waals surface area contributed by atoms with Crippen LogP contribution < -0.4 is 0 Å². The van der Waals surface area contributed by atoms with E-state index in [0.29, 0.717) is 5.41 Å². The fourth-order valence-corrected chi connectivity index (χ4v) is 2.46. The monoisotopic (exact) mass is 204 g/mol. The Balaban J connectivity index is 3.01. The van der Waals surface area contributed by atoms with E-state index in [1.807, 2.05) is 0 Å². The van der Waals surface area contributed by atoms with E-state index in [2.05, 4.69) is 58.0 Å². The van der Waals surface area contributed by atoms with E-state index in [4.69, 9.17) is 0 Å². The molecule has 1 aromatic carbocycles. The quantitative estimate of drug-likeness (QED) is 0.647. The maximum absolute atomic E-state index is 2.42. The largest absolute Gasteiger partial charge is 0.0654 e. The molecule has 0 fully saturated rings. The molecule has 0 nitrogen and oxygen atoms in total. The maximum atomic E-state index is 2.42. The number of hydrogen-bond acceptors (Lipinski definition) is 0. The second-order valence-corrected chi connectivity index (χ2v) is 4.84. The third-order valence-electron chi connectivity index (χ3n) is 3.90. The molecule has 0 radical (unpaired) electrons. The van der Waals surface area contributed by atoms with E-state index in [1.54, 1.807) is 0 Å². The van der Waals surface area contributed by atoms with Crippen molar-refractivity contribution >= 4 is 0 Å². The normalized spacial score (nSPS) is 17.1. The number of hydrogen-bond donors (Lipinski definition) is 0. The zero-order valence-corrected chi connectivity index (χ0v) is 10.6. The zero-order chi connectivity index (χ0) is 11.3. The van der Waals surface area contributed by atoms with Crippen LogP contribution in [-0.4, -0.2) is 0 Å². The summed E-state index contributed by atoms with van der Waals surface area (Å²) in [6.45, 7) is 9.37. The van der Waals surface area contributed by atoms with Crippen molar-refractivity contribution in [1.82, 2.24) is 0 Å². The average Bonchev–Trinajstić information content (AvgIpc) is 2.29. The second kappa shape index (κ2) is 5.34. The molecule has 0 saturated heterocycles. The lowest BCUT2D eigenvalue weighted by Crippen LogP contribution is -2.29. The first-order valence-electron chi connectivity index (χ1n) is 6.20. The van der Waals surface area contributed by atoms with Crippen LogP contribution in [0, 0.1) is 5.92 Å². The standard InChI is InChI=1S/C15H24/c1-5-12-15(4,13(3)6-2)14-10-8-7-9-11-14/h7-11,13H,5-6,12H2,1-4H3. The van der Waals surface area contributed by atoms with Gasteiger partial charge in [-0.2, -0.15) is 0 Å². The highest BCUT2D eigenvalue weighted by Gasteiger charge is 2.30. The predicted molar refractivity (Wildman–Crippen MR) is 68.2 cm³/mol. The van der Waals surface area contributed by atoms with Gasteiger partial charge >= 0.3 is 0 Å². The smallest absolute Gasteiger partial charge is 0.00499 e. The van der Waals surface area contributed by atoms with Crippen LogP contribution in [0.1, 0.15) is 52.5 Å². The topological polar surface area (TPSA) is 0 Å². The fraction of sp³-hybridized carbons (Fsp3) is 0.600. The first-order chi connectivity index (χ1) is 7.15. The first-order valence-corrected chi connectivity index (χ1v) is 6.20. The Labute approximate surface area is 94.7 Å². The summed E-state index contributed by atoms with van der Waals surface area (Å²) in [5.41, 5.74) is 1.85. The van der Waals surface area contributed by atoms with Crippen LogP contribution in [0.4, 0.5) is 0 Å². The molecule has 0 spiro atoms. The van der Waals surface area contributed by atoms with Crippen molar-refractivity contribution in [3.63, 3.8) is 0 Å². The Kier molecular flexibility index (Phi) is 4.38. The Hall–Kier alpha value is -0.780. The van der Waals surface area contributed by atoms with Crippen molar-refractivity contribution in [3.05, 3.63) is 35.9 Å². The molecule has 0 aliphatic rings. The van der Waals surface area contributed by atoms with E-state index in [0.717, 1.165) is 5.92 Å². The van der Waals surface area contributed by atoms with Gasteiger partial charge < -0.3 is 0 Å². The summed E-state index contributed by atoms with van der Waals surface area (Å²) in [4.78, 5) is 0. The molecular weight excluding hydrogens is 180 g/mol. The molecule has 0 heterocycles. The third kappa shape index (κ3) is 2.62. The van der Waals surface area contributed by atoms with Gasteiger partial charge in [-0.1, -0.05) is 70.9 Å². The van der Waals surface area contributed by atoms with E-state index in [1.165, 1.54) is 24.8 Å². The molecule has 2 atom stereocenters. The maximum Gasteiger partial charge on any atom is -0.00499 e. The van der Waals surface area contributed by atoms with Crippen molar-refractivity contribution in [2.45, 2.75) is 52.4 Å². The van der Waals surface area contributed by atoms with Crippen LogP contribution >= 0.6 is 0 Å². The molecule has 0 saturated carbocycles. The van der Waals surface area contributed by atoms with Crippen LogP contribution in [0.25, 0.3) is 0 Å². The van der Waals surface area contributed by atoms with Gasteiger partial charge in [-0.25, -0.2) is 0 Å². The minimum Gasteiger partial charge on any atom is -0.0654 e. The molecular formula is C15H24. The van der Waals surface area contributed by atoms with Gasteiger partial charge in [0.15, 0.2) is 0 Å². The molecule has 0 aliphatic carbocycles. The van der Waals surface area contributed by atoms with Crippen molar-refractivity contribution in [1.29, 1.82) is 0 Å². The summed E-state index contributed by atoms with van der Waals surface area (Å²) in [6.07, 6.45) is 3.80. The van der Waals surface area contributed by atoms with Gasteiger partial charge in [0.25, 0.3) is 0 Å². The van der Waals surface area contributed by atoms with Crippen LogP contribution in [0.2, 0.25) is 0 Å². The van der Waals surface area contributed by atoms with Gasteiger partial charge in [-0.05, 0) is 23.3 Å². The number of rotatable bonds is 5. The summed E-state index contributed by atoms with van der Waals surface area (Å²) in [7, 11) is 0. The first kappa shape index (κ1) is 12.3. The van der Waals surface area contributed by atoms with Gasteiger partial charge in [0, 0.05) is 0 Å². The third-order valence-corrected chi connectivity index (χ3v) is 3.90. The predicted octanol–water partition coefficient (Wildman–Crippen LogP) is 4.79. The number of benzene rings is 1. The van der Waals surface area contributed by atoms with E-state index in [-0.39, 0.29) is 0 Å². The highest BCUT2D eigenvalue weighted by molar-refractivity contribution is 5.25. The Bertz CT molecular complexity index is 275. The molecule has 0 bridgehead atoms. The molecule has 15 heavy (non-hydrogen) atoms. The van der Waals surface area contributed by atoms with Gasteiger partial charge in [-0.15, -0.1) is 0 Å². The van der Waals surface area contributed by atoms with Gasteiger partial charge in [0.05, 0.1) is 0 Å². The minimum absolute atomic E-state index is 0.352. The summed E-state index contributed by atoms with van der Waals surface area (Å²) in [6, 6.07) is 11.0. The Morgan fingerprint density at radius 3 is 2.20 bits per heavy atom. The Morgan fingerprint density at radius 1 is 1.13 bits per heavy atom.